The van der Waals surface area contributed by atoms with Crippen LogP contribution in [0.2, 0.25) is 0 Å². The van der Waals surface area contributed by atoms with Gasteiger partial charge < -0.3 is 10.6 Å². The molecule has 2 amide bonds. The number of benzene rings is 1. The third-order valence-corrected chi connectivity index (χ3v) is 5.39. The number of aromatic nitrogens is 1. The van der Waals surface area contributed by atoms with E-state index in [1.807, 2.05) is 0 Å². The van der Waals surface area contributed by atoms with Gasteiger partial charge in [-0.25, -0.2) is 4.98 Å². The van der Waals surface area contributed by atoms with E-state index in [-0.39, 0.29) is 23.7 Å². The van der Waals surface area contributed by atoms with Gasteiger partial charge in [0, 0.05) is 22.6 Å². The van der Waals surface area contributed by atoms with Crippen LogP contribution in [0.5, 0.6) is 0 Å². The van der Waals surface area contributed by atoms with Crippen LogP contribution in [0.3, 0.4) is 0 Å². The molecule has 1 aromatic carbocycles. The van der Waals surface area contributed by atoms with Crippen LogP contribution in [-0.4, -0.2) is 28.3 Å². The number of anilines is 1. The molecular formula is C18H20N4O4S. The van der Waals surface area contributed by atoms with Crippen molar-refractivity contribution in [1.82, 2.24) is 10.3 Å². The van der Waals surface area contributed by atoms with E-state index in [2.05, 4.69) is 15.6 Å². The molecule has 0 saturated heterocycles. The summed E-state index contributed by atoms with van der Waals surface area (Å²) >= 11 is 1.49. The molecular weight excluding hydrogens is 368 g/mol. The quantitative estimate of drug-likeness (QED) is 0.603. The van der Waals surface area contributed by atoms with Crippen LogP contribution in [0, 0.1) is 10.1 Å². The van der Waals surface area contributed by atoms with Gasteiger partial charge in [-0.05, 0) is 31.7 Å². The molecule has 2 N–H and O–H groups in total. The Balaban J connectivity index is 1.55. The number of hydrogen-bond acceptors (Lipinski definition) is 6. The monoisotopic (exact) mass is 388 g/mol. The van der Waals surface area contributed by atoms with Crippen molar-refractivity contribution < 1.29 is 14.5 Å². The molecule has 2 aromatic rings. The molecule has 1 aliphatic rings. The first-order chi connectivity index (χ1) is 13.0. The van der Waals surface area contributed by atoms with Gasteiger partial charge in [-0.3, -0.25) is 19.7 Å². The Labute approximate surface area is 160 Å². The summed E-state index contributed by atoms with van der Waals surface area (Å²) < 4.78 is 0. The fraction of sp³-hybridized carbons (Fsp3) is 0.389. The van der Waals surface area contributed by atoms with Crippen LogP contribution in [0.25, 0.3) is 0 Å². The van der Waals surface area contributed by atoms with Crippen molar-refractivity contribution in [2.75, 3.05) is 11.9 Å². The second-order valence-corrected chi connectivity index (χ2v) is 7.43. The highest BCUT2D eigenvalue weighted by atomic mass is 32.1. The van der Waals surface area contributed by atoms with Crippen molar-refractivity contribution in [3.05, 3.63) is 50.5 Å². The highest BCUT2D eigenvalue weighted by Crippen LogP contribution is 2.28. The summed E-state index contributed by atoms with van der Waals surface area (Å²) in [6, 6.07) is 5.37. The van der Waals surface area contributed by atoms with Crippen molar-refractivity contribution in [3.8, 4) is 0 Å². The van der Waals surface area contributed by atoms with E-state index < -0.39 is 10.8 Å². The Morgan fingerprint density at radius 1 is 1.19 bits per heavy atom. The van der Waals surface area contributed by atoms with Crippen LogP contribution in [0.4, 0.5) is 10.8 Å². The molecule has 0 unspecified atom stereocenters. The molecule has 0 aliphatic heterocycles. The highest BCUT2D eigenvalue weighted by Gasteiger charge is 2.16. The Kier molecular flexibility index (Phi) is 6.12. The molecule has 9 heteroatoms. The van der Waals surface area contributed by atoms with Crippen LogP contribution in [0.1, 0.15) is 46.6 Å². The van der Waals surface area contributed by atoms with Gasteiger partial charge in [-0.1, -0.05) is 18.9 Å². The first kappa shape index (κ1) is 19.0. The Morgan fingerprint density at radius 3 is 2.74 bits per heavy atom. The van der Waals surface area contributed by atoms with Crippen LogP contribution in [-0.2, 0) is 17.6 Å². The SMILES string of the molecule is O=C(CNC(=O)c1cccc([N+](=O)[O-])c1)Nc1nc2c(s1)CCCCCC2. The molecule has 27 heavy (non-hydrogen) atoms. The number of nitrogens with zero attached hydrogens (tertiary/aromatic N) is 2. The molecule has 8 nitrogen and oxygen atoms in total. The van der Waals surface area contributed by atoms with Gasteiger partial charge in [0.15, 0.2) is 5.13 Å². The largest absolute Gasteiger partial charge is 0.343 e. The molecule has 0 spiro atoms. The van der Waals surface area contributed by atoms with Crippen molar-refractivity contribution in [2.24, 2.45) is 0 Å². The van der Waals surface area contributed by atoms with Crippen molar-refractivity contribution in [3.63, 3.8) is 0 Å². The maximum absolute atomic E-state index is 12.1. The zero-order valence-electron chi connectivity index (χ0n) is 14.7. The predicted molar refractivity (Wildman–Crippen MR) is 102 cm³/mol. The number of rotatable bonds is 5. The summed E-state index contributed by atoms with van der Waals surface area (Å²) in [5.74, 6) is -0.921. The molecule has 1 aliphatic carbocycles. The van der Waals surface area contributed by atoms with Crippen LogP contribution >= 0.6 is 11.3 Å². The highest BCUT2D eigenvalue weighted by molar-refractivity contribution is 7.15. The number of nitro benzene ring substituents is 1. The second kappa shape index (κ2) is 8.72. The average Bonchev–Trinajstić information content (AvgIpc) is 3.00. The smallest absolute Gasteiger partial charge is 0.270 e. The van der Waals surface area contributed by atoms with E-state index in [0.717, 1.165) is 31.4 Å². The van der Waals surface area contributed by atoms with Gasteiger partial charge in [0.1, 0.15) is 0 Å². The predicted octanol–water partition coefficient (Wildman–Crippen LogP) is 3.08. The number of amides is 2. The fourth-order valence-electron chi connectivity index (χ4n) is 2.95. The van der Waals surface area contributed by atoms with Crippen molar-refractivity contribution in [2.45, 2.75) is 38.5 Å². The lowest BCUT2D eigenvalue weighted by atomic mass is 10.0. The number of non-ortho nitro benzene ring substituents is 1. The first-order valence-electron chi connectivity index (χ1n) is 8.84. The zero-order valence-corrected chi connectivity index (χ0v) is 15.5. The Morgan fingerprint density at radius 2 is 1.96 bits per heavy atom. The van der Waals surface area contributed by atoms with Crippen LogP contribution < -0.4 is 10.6 Å². The number of aryl methyl sites for hydroxylation is 2. The van der Waals surface area contributed by atoms with Gasteiger partial charge in [-0.2, -0.15) is 0 Å². The lowest BCUT2D eigenvalue weighted by Gasteiger charge is -2.06. The van der Waals surface area contributed by atoms with E-state index in [9.17, 15) is 19.7 Å². The molecule has 0 radical (unpaired) electrons. The number of nitrogens with one attached hydrogen (secondary N) is 2. The molecule has 1 aromatic heterocycles. The zero-order chi connectivity index (χ0) is 19.2. The molecule has 142 valence electrons. The minimum atomic E-state index is -0.571. The number of thiazole rings is 1. The number of nitro groups is 1. The molecule has 3 rings (SSSR count). The maximum Gasteiger partial charge on any atom is 0.270 e. The number of fused-ring (bicyclic) bond motifs is 1. The van der Waals surface area contributed by atoms with Crippen molar-refractivity contribution >= 4 is 34.0 Å². The number of hydrogen-bond donors (Lipinski definition) is 2. The molecule has 1 heterocycles. The minimum absolute atomic E-state index is 0.134. The minimum Gasteiger partial charge on any atom is -0.343 e. The van der Waals surface area contributed by atoms with E-state index in [0.29, 0.717) is 5.13 Å². The van der Waals surface area contributed by atoms with Gasteiger partial charge in [0.05, 0.1) is 17.2 Å². The Bertz CT molecular complexity index is 839. The van der Waals surface area contributed by atoms with E-state index in [1.54, 1.807) is 0 Å². The van der Waals surface area contributed by atoms with E-state index >= 15 is 0 Å². The second-order valence-electron chi connectivity index (χ2n) is 6.34. The molecule has 0 bridgehead atoms. The van der Waals surface area contributed by atoms with E-state index in [1.165, 1.54) is 53.3 Å². The summed E-state index contributed by atoms with van der Waals surface area (Å²) in [5.41, 5.74) is 1.03. The molecule has 0 atom stereocenters. The molecule has 0 fully saturated rings. The number of carbonyl (C=O) groups excluding carboxylic acids is 2. The third kappa shape index (κ3) is 5.10. The van der Waals surface area contributed by atoms with Gasteiger partial charge >= 0.3 is 0 Å². The lowest BCUT2D eigenvalue weighted by molar-refractivity contribution is -0.384. The summed E-state index contributed by atoms with van der Waals surface area (Å²) in [4.78, 5) is 40.1. The fourth-order valence-corrected chi connectivity index (χ4v) is 4.01. The van der Waals surface area contributed by atoms with Crippen LogP contribution in [0.15, 0.2) is 24.3 Å². The number of carbonyl (C=O) groups is 2. The third-order valence-electron chi connectivity index (χ3n) is 4.32. The summed E-state index contributed by atoms with van der Waals surface area (Å²) in [6.45, 7) is -0.230. The topological polar surface area (TPSA) is 114 Å². The van der Waals surface area contributed by atoms with Gasteiger partial charge in [0.25, 0.3) is 11.6 Å². The van der Waals surface area contributed by atoms with Gasteiger partial charge in [0.2, 0.25) is 5.91 Å². The summed E-state index contributed by atoms with van der Waals surface area (Å²) in [7, 11) is 0. The Hall–Kier alpha value is -2.81. The van der Waals surface area contributed by atoms with E-state index in [4.69, 9.17) is 0 Å². The average molecular weight is 388 g/mol. The maximum atomic E-state index is 12.1. The van der Waals surface area contributed by atoms with Gasteiger partial charge in [-0.15, -0.1) is 11.3 Å². The lowest BCUT2D eigenvalue weighted by Crippen LogP contribution is -2.32. The summed E-state index contributed by atoms with van der Waals surface area (Å²) in [6.07, 6.45) is 6.62. The van der Waals surface area contributed by atoms with Crippen molar-refractivity contribution in [1.29, 1.82) is 0 Å². The standard InChI is InChI=1S/C18H20N4O4S/c23-16(11-19-17(24)12-6-5-7-13(10-12)22(25)26)21-18-20-14-8-3-1-2-4-9-15(14)27-18/h5-7,10H,1-4,8-9,11H2,(H,19,24)(H,20,21,23). The normalized spacial score (nSPS) is 13.8. The first-order valence-corrected chi connectivity index (χ1v) is 9.65. The summed E-state index contributed by atoms with van der Waals surface area (Å²) in [5, 5.41) is 16.5. The molecule has 0 saturated carbocycles.